The maximum Gasteiger partial charge on any atom is 0.0521 e. The van der Waals surface area contributed by atoms with Gasteiger partial charge in [-0.15, -0.1) is 0 Å². The average molecular weight is 237 g/mol. The number of rotatable bonds is 8. The molecule has 1 aromatic heterocycles. The van der Waals surface area contributed by atoms with Crippen LogP contribution in [0.3, 0.4) is 0 Å². The van der Waals surface area contributed by atoms with E-state index in [1.807, 2.05) is 17.9 Å². The molecule has 1 aromatic rings. The molecule has 98 valence electrons. The van der Waals surface area contributed by atoms with Crippen molar-refractivity contribution >= 4 is 0 Å². The summed E-state index contributed by atoms with van der Waals surface area (Å²) in [6.45, 7) is 7.87. The van der Waals surface area contributed by atoms with Gasteiger partial charge < -0.3 is 5.32 Å². The van der Waals surface area contributed by atoms with Gasteiger partial charge in [0.1, 0.15) is 0 Å². The van der Waals surface area contributed by atoms with Crippen LogP contribution < -0.4 is 5.32 Å². The molecule has 0 aliphatic heterocycles. The van der Waals surface area contributed by atoms with Gasteiger partial charge in [0.2, 0.25) is 0 Å². The highest BCUT2D eigenvalue weighted by Gasteiger charge is 2.11. The molecule has 0 amide bonds. The molecule has 2 atom stereocenters. The van der Waals surface area contributed by atoms with Gasteiger partial charge in [0, 0.05) is 19.3 Å². The van der Waals surface area contributed by atoms with E-state index < -0.39 is 0 Å². The SMILES string of the molecule is CCNC(CCc1cnn(C)c1)CC(C)CC. The molecule has 2 unspecified atom stereocenters. The fraction of sp³-hybridized carbons (Fsp3) is 0.786. The van der Waals surface area contributed by atoms with Crippen LogP contribution in [0.25, 0.3) is 0 Å². The molecule has 17 heavy (non-hydrogen) atoms. The Bertz CT molecular complexity index is 306. The summed E-state index contributed by atoms with van der Waals surface area (Å²) in [5, 5.41) is 7.81. The van der Waals surface area contributed by atoms with E-state index in [-0.39, 0.29) is 0 Å². The molecule has 0 saturated heterocycles. The second-order valence-electron chi connectivity index (χ2n) is 5.06. The van der Waals surface area contributed by atoms with Gasteiger partial charge in [-0.05, 0) is 37.3 Å². The van der Waals surface area contributed by atoms with Crippen LogP contribution in [0.4, 0.5) is 0 Å². The number of hydrogen-bond donors (Lipinski definition) is 1. The van der Waals surface area contributed by atoms with Gasteiger partial charge in [-0.1, -0.05) is 27.2 Å². The van der Waals surface area contributed by atoms with Crippen molar-refractivity contribution < 1.29 is 0 Å². The third-order valence-electron chi connectivity index (χ3n) is 3.42. The summed E-state index contributed by atoms with van der Waals surface area (Å²) in [7, 11) is 1.98. The van der Waals surface area contributed by atoms with Gasteiger partial charge in [0.15, 0.2) is 0 Å². The van der Waals surface area contributed by atoms with E-state index in [9.17, 15) is 0 Å². The minimum atomic E-state index is 0.648. The molecule has 0 aliphatic rings. The first-order valence-corrected chi connectivity index (χ1v) is 6.86. The highest BCUT2D eigenvalue weighted by molar-refractivity contribution is 5.03. The molecule has 1 N–H and O–H groups in total. The number of nitrogens with one attached hydrogen (secondary N) is 1. The lowest BCUT2D eigenvalue weighted by Crippen LogP contribution is -2.31. The summed E-state index contributed by atoms with van der Waals surface area (Å²) in [4.78, 5) is 0. The second-order valence-corrected chi connectivity index (χ2v) is 5.06. The lowest BCUT2D eigenvalue weighted by Gasteiger charge is -2.20. The standard InChI is InChI=1S/C14H27N3/c1-5-12(3)9-14(15-6-2)8-7-13-10-16-17(4)11-13/h10-12,14-15H,5-9H2,1-4H3. The Balaban J connectivity index is 2.38. The van der Waals surface area contributed by atoms with Crippen LogP contribution in [0.15, 0.2) is 12.4 Å². The largest absolute Gasteiger partial charge is 0.314 e. The molecule has 0 fully saturated rings. The van der Waals surface area contributed by atoms with E-state index in [4.69, 9.17) is 0 Å². The third-order valence-corrected chi connectivity index (χ3v) is 3.42. The topological polar surface area (TPSA) is 29.9 Å². The predicted octanol–water partition coefficient (Wildman–Crippen LogP) is 2.77. The van der Waals surface area contributed by atoms with Crippen LogP contribution in [0.1, 0.15) is 45.6 Å². The van der Waals surface area contributed by atoms with E-state index >= 15 is 0 Å². The van der Waals surface area contributed by atoms with Crippen molar-refractivity contribution in [2.45, 2.75) is 52.5 Å². The van der Waals surface area contributed by atoms with Gasteiger partial charge in [-0.25, -0.2) is 0 Å². The maximum atomic E-state index is 4.21. The minimum absolute atomic E-state index is 0.648. The Kier molecular flexibility index (Phi) is 6.27. The summed E-state index contributed by atoms with van der Waals surface area (Å²) >= 11 is 0. The zero-order chi connectivity index (χ0) is 12.7. The molecule has 1 rings (SSSR count). The first kappa shape index (κ1) is 14.2. The summed E-state index contributed by atoms with van der Waals surface area (Å²) in [6.07, 6.45) is 8.99. The lowest BCUT2D eigenvalue weighted by molar-refractivity contribution is 0.382. The Morgan fingerprint density at radius 3 is 2.71 bits per heavy atom. The Morgan fingerprint density at radius 1 is 1.41 bits per heavy atom. The Hall–Kier alpha value is -0.830. The van der Waals surface area contributed by atoms with Crippen LogP contribution in [0.5, 0.6) is 0 Å². The predicted molar refractivity (Wildman–Crippen MR) is 73.1 cm³/mol. The zero-order valence-electron chi connectivity index (χ0n) is 11.7. The highest BCUT2D eigenvalue weighted by atomic mass is 15.2. The molecule has 3 nitrogen and oxygen atoms in total. The molecule has 0 spiro atoms. The quantitative estimate of drug-likeness (QED) is 0.753. The third kappa shape index (κ3) is 5.35. The van der Waals surface area contributed by atoms with Gasteiger partial charge in [0.25, 0.3) is 0 Å². The molecule has 0 radical (unpaired) electrons. The monoisotopic (exact) mass is 237 g/mol. The number of hydrogen-bond acceptors (Lipinski definition) is 2. The minimum Gasteiger partial charge on any atom is -0.314 e. The van der Waals surface area contributed by atoms with Crippen molar-refractivity contribution in [3.63, 3.8) is 0 Å². The molecule has 0 aromatic carbocycles. The number of aromatic nitrogens is 2. The zero-order valence-corrected chi connectivity index (χ0v) is 11.7. The van der Waals surface area contributed by atoms with Crippen LogP contribution in [0.2, 0.25) is 0 Å². The summed E-state index contributed by atoms with van der Waals surface area (Å²) < 4.78 is 1.88. The summed E-state index contributed by atoms with van der Waals surface area (Å²) in [5.74, 6) is 0.813. The Morgan fingerprint density at radius 2 is 2.18 bits per heavy atom. The van der Waals surface area contributed by atoms with Crippen LogP contribution in [-0.4, -0.2) is 22.4 Å². The smallest absolute Gasteiger partial charge is 0.0521 e. The van der Waals surface area contributed by atoms with Gasteiger partial charge in [-0.3, -0.25) is 4.68 Å². The lowest BCUT2D eigenvalue weighted by atomic mass is 9.95. The van der Waals surface area contributed by atoms with Crippen molar-refractivity contribution in [3.8, 4) is 0 Å². The van der Waals surface area contributed by atoms with E-state index in [1.165, 1.54) is 24.8 Å². The fourth-order valence-electron chi connectivity index (χ4n) is 2.19. The summed E-state index contributed by atoms with van der Waals surface area (Å²) in [6, 6.07) is 0.648. The highest BCUT2D eigenvalue weighted by Crippen LogP contribution is 2.14. The molecule has 1 heterocycles. The van der Waals surface area contributed by atoms with Crippen molar-refractivity contribution in [1.29, 1.82) is 0 Å². The van der Waals surface area contributed by atoms with Gasteiger partial charge in [-0.2, -0.15) is 5.10 Å². The van der Waals surface area contributed by atoms with E-state index in [0.29, 0.717) is 6.04 Å². The van der Waals surface area contributed by atoms with Crippen molar-refractivity contribution in [1.82, 2.24) is 15.1 Å². The molecule has 0 aliphatic carbocycles. The van der Waals surface area contributed by atoms with E-state index in [2.05, 4.69) is 37.4 Å². The van der Waals surface area contributed by atoms with Crippen LogP contribution >= 0.6 is 0 Å². The number of nitrogens with zero attached hydrogens (tertiary/aromatic N) is 2. The van der Waals surface area contributed by atoms with Gasteiger partial charge >= 0.3 is 0 Å². The van der Waals surface area contributed by atoms with E-state index in [1.54, 1.807) is 0 Å². The molecular weight excluding hydrogens is 210 g/mol. The second kappa shape index (κ2) is 7.49. The van der Waals surface area contributed by atoms with E-state index in [0.717, 1.165) is 18.9 Å². The maximum absolute atomic E-state index is 4.21. The Labute approximate surface area is 106 Å². The molecule has 3 heteroatoms. The molecular formula is C14H27N3. The van der Waals surface area contributed by atoms with Crippen molar-refractivity contribution in [2.24, 2.45) is 13.0 Å². The number of aryl methyl sites for hydroxylation is 2. The van der Waals surface area contributed by atoms with Crippen LogP contribution in [-0.2, 0) is 13.5 Å². The van der Waals surface area contributed by atoms with Crippen LogP contribution in [0, 0.1) is 5.92 Å². The van der Waals surface area contributed by atoms with Crippen molar-refractivity contribution in [3.05, 3.63) is 18.0 Å². The average Bonchev–Trinajstić information content (AvgIpc) is 2.72. The summed E-state index contributed by atoms with van der Waals surface area (Å²) in [5.41, 5.74) is 1.35. The van der Waals surface area contributed by atoms with Gasteiger partial charge in [0.05, 0.1) is 6.20 Å². The first-order chi connectivity index (χ1) is 8.15. The normalized spacial score (nSPS) is 14.8. The first-order valence-electron chi connectivity index (χ1n) is 6.86. The van der Waals surface area contributed by atoms with Crippen molar-refractivity contribution in [2.75, 3.05) is 6.54 Å². The molecule has 0 bridgehead atoms. The fourth-order valence-corrected chi connectivity index (χ4v) is 2.19. The molecule has 0 saturated carbocycles.